The number of nitrogens with zero attached hydrogens (tertiary/aromatic N) is 3. The van der Waals surface area contributed by atoms with Gasteiger partial charge in [0.25, 0.3) is 0 Å². The number of benzene rings is 1. The molecule has 0 radical (unpaired) electrons. The van der Waals surface area contributed by atoms with Crippen molar-refractivity contribution in [2.75, 3.05) is 18.4 Å². The molecule has 6 heteroatoms. The zero-order valence-electron chi connectivity index (χ0n) is 19.5. The minimum absolute atomic E-state index is 0.00731. The largest absolute Gasteiger partial charge is 0.353 e. The van der Waals surface area contributed by atoms with Crippen LogP contribution in [0.2, 0.25) is 0 Å². The van der Waals surface area contributed by atoms with Crippen LogP contribution >= 0.6 is 0 Å². The third-order valence-corrected chi connectivity index (χ3v) is 5.73. The van der Waals surface area contributed by atoms with Gasteiger partial charge in [-0.3, -0.25) is 4.79 Å². The van der Waals surface area contributed by atoms with E-state index in [4.69, 9.17) is 0 Å². The number of nitrogens with one attached hydrogen (secondary N) is 1. The minimum Gasteiger partial charge on any atom is -0.353 e. The maximum absolute atomic E-state index is 13.2. The summed E-state index contributed by atoms with van der Waals surface area (Å²) < 4.78 is 2.03. The summed E-state index contributed by atoms with van der Waals surface area (Å²) in [6, 6.07) is 11.9. The summed E-state index contributed by atoms with van der Waals surface area (Å²) in [6.07, 6.45) is 3.89. The minimum atomic E-state index is -0.198. The van der Waals surface area contributed by atoms with Crippen LogP contribution in [-0.2, 0) is 18.4 Å². The van der Waals surface area contributed by atoms with Gasteiger partial charge in [0.1, 0.15) is 6.54 Å². The molecule has 3 amide bonds. The molecule has 1 aromatic heterocycles. The molecule has 0 saturated heterocycles. The molecule has 0 bridgehead atoms. The van der Waals surface area contributed by atoms with Crippen LogP contribution in [-0.4, -0.2) is 45.4 Å². The van der Waals surface area contributed by atoms with E-state index >= 15 is 0 Å². The molecule has 1 N–H and O–H groups in total. The van der Waals surface area contributed by atoms with Gasteiger partial charge in [0.15, 0.2) is 0 Å². The lowest BCUT2D eigenvalue weighted by atomic mass is 10.0. The normalized spacial score (nSPS) is 13.5. The maximum Gasteiger partial charge on any atom is 0.322 e. The number of urea groups is 1. The lowest BCUT2D eigenvalue weighted by molar-refractivity contribution is -0.133. The van der Waals surface area contributed by atoms with Gasteiger partial charge in [-0.1, -0.05) is 39.8 Å². The molecule has 168 valence electrons. The van der Waals surface area contributed by atoms with Crippen molar-refractivity contribution >= 4 is 17.6 Å². The molecule has 6 nitrogen and oxygen atoms in total. The van der Waals surface area contributed by atoms with E-state index in [2.05, 4.69) is 33.0 Å². The quantitative estimate of drug-likeness (QED) is 0.627. The van der Waals surface area contributed by atoms with Gasteiger partial charge in [-0.15, -0.1) is 0 Å². The molecule has 31 heavy (non-hydrogen) atoms. The number of anilines is 1. The maximum atomic E-state index is 13.2. The lowest BCUT2D eigenvalue weighted by Crippen LogP contribution is -2.46. The van der Waals surface area contributed by atoms with E-state index < -0.39 is 0 Å². The third-order valence-electron chi connectivity index (χ3n) is 5.73. The standard InChI is InChI=1S/C25H36N4O2/c1-18(2)15-28(16-23-7-6-14-27(23)5)24(30)17-29(22-12-13-22)25(31)26-21-10-8-20(9-11-21)19(3)4/h6-11,14,18-19,22H,12-13,15-17H2,1-5H3,(H,26,31). The van der Waals surface area contributed by atoms with Gasteiger partial charge in [0, 0.05) is 37.2 Å². The summed E-state index contributed by atoms with van der Waals surface area (Å²) in [6.45, 7) is 9.84. The van der Waals surface area contributed by atoms with Crippen molar-refractivity contribution in [3.05, 3.63) is 53.9 Å². The number of amides is 3. The fraction of sp³-hybridized carbons (Fsp3) is 0.520. The Morgan fingerprint density at radius 2 is 1.77 bits per heavy atom. The number of aromatic nitrogens is 1. The van der Waals surface area contributed by atoms with E-state index in [-0.39, 0.29) is 24.5 Å². The highest BCUT2D eigenvalue weighted by Gasteiger charge is 2.35. The Kier molecular flexibility index (Phi) is 7.42. The van der Waals surface area contributed by atoms with Crippen LogP contribution in [0.3, 0.4) is 0 Å². The number of carbonyl (C=O) groups excluding carboxylic acids is 2. The molecule has 1 fully saturated rings. The first-order chi connectivity index (χ1) is 14.7. The number of hydrogen-bond donors (Lipinski definition) is 1. The number of aryl methyl sites for hydroxylation is 1. The predicted octanol–water partition coefficient (Wildman–Crippen LogP) is 4.83. The molecule has 2 aromatic rings. The van der Waals surface area contributed by atoms with E-state index in [9.17, 15) is 9.59 Å². The Morgan fingerprint density at radius 3 is 2.29 bits per heavy atom. The summed E-state index contributed by atoms with van der Waals surface area (Å²) in [5, 5.41) is 2.98. The summed E-state index contributed by atoms with van der Waals surface area (Å²) in [5.41, 5.74) is 3.08. The molecular weight excluding hydrogens is 388 g/mol. The number of hydrogen-bond acceptors (Lipinski definition) is 2. The van der Waals surface area contributed by atoms with Gasteiger partial charge in [-0.05, 0) is 54.5 Å². The van der Waals surface area contributed by atoms with Crippen LogP contribution in [0.1, 0.15) is 57.7 Å². The number of carbonyl (C=O) groups is 2. The Morgan fingerprint density at radius 1 is 1.10 bits per heavy atom. The zero-order valence-corrected chi connectivity index (χ0v) is 19.5. The van der Waals surface area contributed by atoms with Crippen molar-refractivity contribution in [3.63, 3.8) is 0 Å². The molecule has 1 heterocycles. The highest BCUT2D eigenvalue weighted by atomic mass is 16.2. The Hall–Kier alpha value is -2.76. The SMILES string of the molecule is CC(C)CN(Cc1cccn1C)C(=O)CN(C(=O)Nc1ccc(C(C)C)cc1)C1CC1. The van der Waals surface area contributed by atoms with E-state index in [1.54, 1.807) is 4.90 Å². The molecular formula is C25H36N4O2. The fourth-order valence-corrected chi connectivity index (χ4v) is 3.70. The summed E-state index contributed by atoms with van der Waals surface area (Å²) in [5.74, 6) is 0.792. The molecule has 0 atom stereocenters. The highest BCUT2D eigenvalue weighted by Crippen LogP contribution is 2.28. The van der Waals surface area contributed by atoms with E-state index in [1.165, 1.54) is 5.56 Å². The van der Waals surface area contributed by atoms with Crippen molar-refractivity contribution in [1.29, 1.82) is 0 Å². The van der Waals surface area contributed by atoms with Crippen LogP contribution in [0.15, 0.2) is 42.6 Å². The molecule has 1 aliphatic rings. The van der Waals surface area contributed by atoms with Crippen molar-refractivity contribution in [1.82, 2.24) is 14.4 Å². The van der Waals surface area contributed by atoms with Gasteiger partial charge < -0.3 is 19.7 Å². The summed E-state index contributed by atoms with van der Waals surface area (Å²) in [7, 11) is 1.99. The topological polar surface area (TPSA) is 57.6 Å². The molecule has 1 aliphatic carbocycles. The molecule has 1 aromatic carbocycles. The average Bonchev–Trinajstić information content (AvgIpc) is 3.48. The van der Waals surface area contributed by atoms with Crippen molar-refractivity contribution in [2.24, 2.45) is 13.0 Å². The molecule has 0 spiro atoms. The first-order valence-electron chi connectivity index (χ1n) is 11.3. The van der Waals surface area contributed by atoms with Gasteiger partial charge in [-0.25, -0.2) is 4.79 Å². The van der Waals surface area contributed by atoms with Crippen LogP contribution < -0.4 is 5.32 Å². The Balaban J connectivity index is 1.67. The van der Waals surface area contributed by atoms with Crippen LogP contribution in [0.4, 0.5) is 10.5 Å². The second-order valence-electron chi connectivity index (χ2n) is 9.34. The van der Waals surface area contributed by atoms with Crippen molar-refractivity contribution in [3.8, 4) is 0 Å². The van der Waals surface area contributed by atoms with Gasteiger partial charge in [0.2, 0.25) is 5.91 Å². The van der Waals surface area contributed by atoms with Crippen LogP contribution in [0.25, 0.3) is 0 Å². The Bertz CT molecular complexity index is 881. The van der Waals surface area contributed by atoms with Crippen molar-refractivity contribution in [2.45, 2.75) is 59.0 Å². The van der Waals surface area contributed by atoms with Crippen LogP contribution in [0.5, 0.6) is 0 Å². The fourth-order valence-electron chi connectivity index (χ4n) is 3.70. The first kappa shape index (κ1) is 22.9. The predicted molar refractivity (Wildman–Crippen MR) is 125 cm³/mol. The lowest BCUT2D eigenvalue weighted by Gasteiger charge is -2.29. The second kappa shape index (κ2) is 10.0. The van der Waals surface area contributed by atoms with Gasteiger partial charge in [0.05, 0.1) is 6.54 Å². The average molecular weight is 425 g/mol. The van der Waals surface area contributed by atoms with Crippen LogP contribution in [0, 0.1) is 5.92 Å². The third kappa shape index (κ3) is 6.36. The van der Waals surface area contributed by atoms with E-state index in [0.29, 0.717) is 24.9 Å². The smallest absolute Gasteiger partial charge is 0.322 e. The second-order valence-corrected chi connectivity index (χ2v) is 9.34. The molecule has 0 unspecified atom stereocenters. The zero-order chi connectivity index (χ0) is 22.5. The monoisotopic (exact) mass is 424 g/mol. The molecule has 3 rings (SSSR count). The summed E-state index contributed by atoms with van der Waals surface area (Å²) >= 11 is 0. The van der Waals surface area contributed by atoms with E-state index in [1.807, 2.05) is 59.1 Å². The Labute approximate surface area is 186 Å². The van der Waals surface area contributed by atoms with Gasteiger partial charge in [-0.2, -0.15) is 0 Å². The number of rotatable bonds is 9. The van der Waals surface area contributed by atoms with Crippen molar-refractivity contribution < 1.29 is 9.59 Å². The first-order valence-corrected chi connectivity index (χ1v) is 11.3. The van der Waals surface area contributed by atoms with E-state index in [0.717, 1.165) is 24.2 Å². The molecule has 1 saturated carbocycles. The van der Waals surface area contributed by atoms with Gasteiger partial charge >= 0.3 is 6.03 Å². The summed E-state index contributed by atoms with van der Waals surface area (Å²) in [4.78, 5) is 29.8. The molecule has 0 aliphatic heterocycles. The highest BCUT2D eigenvalue weighted by molar-refractivity contribution is 5.92.